The summed E-state index contributed by atoms with van der Waals surface area (Å²) in [7, 11) is 3.79. The van der Waals surface area contributed by atoms with Crippen molar-refractivity contribution in [2.24, 2.45) is 11.8 Å². The fraction of sp³-hybridized carbons (Fsp3) is 0.958. The molecule has 1 saturated carbocycles. The van der Waals surface area contributed by atoms with Crippen LogP contribution >= 0.6 is 0 Å². The fourth-order valence-electron chi connectivity index (χ4n) is 4.15. The number of likely N-dealkylation sites (N-methyl/N-ethyl adjacent to an activating group) is 1. The van der Waals surface area contributed by atoms with Crippen molar-refractivity contribution in [1.29, 1.82) is 0 Å². The Morgan fingerprint density at radius 3 is 2.04 bits per heavy atom. The van der Waals surface area contributed by atoms with Gasteiger partial charge in [-0.2, -0.15) is 0 Å². The molecule has 0 aliphatic heterocycles. The summed E-state index contributed by atoms with van der Waals surface area (Å²) < 4.78 is 5.13. The van der Waals surface area contributed by atoms with Crippen molar-refractivity contribution >= 4 is 5.97 Å². The third-order valence-electron chi connectivity index (χ3n) is 5.97. The molecule has 0 aromatic carbocycles. The molecule has 0 amide bonds. The lowest BCUT2D eigenvalue weighted by Crippen LogP contribution is -2.30. The number of hydrogen-bond donors (Lipinski definition) is 1. The highest BCUT2D eigenvalue weighted by atomic mass is 16.5. The Labute approximate surface area is 174 Å². The van der Waals surface area contributed by atoms with Crippen molar-refractivity contribution in [3.63, 3.8) is 0 Å². The van der Waals surface area contributed by atoms with E-state index in [9.17, 15) is 9.90 Å². The molecule has 0 bridgehead atoms. The van der Waals surface area contributed by atoms with Gasteiger partial charge >= 0.3 is 5.97 Å². The Morgan fingerprint density at radius 1 is 0.929 bits per heavy atom. The molecule has 0 aromatic rings. The SMILES string of the molecule is CCCCCCCC[C@@H]1C[C@@H]1CCCCCCCC(=O)OCC(O)CN(C)C. The van der Waals surface area contributed by atoms with Crippen LogP contribution in [0.1, 0.15) is 103 Å². The van der Waals surface area contributed by atoms with Crippen molar-refractivity contribution < 1.29 is 14.6 Å². The van der Waals surface area contributed by atoms with Crippen LogP contribution in [0.15, 0.2) is 0 Å². The number of ether oxygens (including phenoxy) is 1. The van der Waals surface area contributed by atoms with Crippen LogP contribution in [-0.4, -0.2) is 49.3 Å². The van der Waals surface area contributed by atoms with E-state index in [1.165, 1.54) is 77.0 Å². The maximum atomic E-state index is 11.7. The second-order valence-corrected chi connectivity index (χ2v) is 9.22. The standard InChI is InChI=1S/C24H47NO3/c1-4-5-6-7-9-12-15-21-18-22(21)16-13-10-8-11-14-17-24(27)28-20-23(26)19-25(2)3/h21-23,26H,4-20H2,1-3H3/t21-,22+,23?/m1/s1. The summed E-state index contributed by atoms with van der Waals surface area (Å²) in [5, 5.41) is 9.68. The zero-order valence-electron chi connectivity index (χ0n) is 19.0. The van der Waals surface area contributed by atoms with E-state index in [0.717, 1.165) is 24.7 Å². The Hall–Kier alpha value is -0.610. The summed E-state index contributed by atoms with van der Waals surface area (Å²) in [5.41, 5.74) is 0. The molecule has 0 radical (unpaired) electrons. The summed E-state index contributed by atoms with van der Waals surface area (Å²) in [5.74, 6) is 1.90. The van der Waals surface area contributed by atoms with E-state index in [-0.39, 0.29) is 12.6 Å². The topological polar surface area (TPSA) is 49.8 Å². The molecule has 28 heavy (non-hydrogen) atoms. The molecular weight excluding hydrogens is 350 g/mol. The third kappa shape index (κ3) is 14.4. The first-order valence-corrected chi connectivity index (χ1v) is 12.0. The first-order chi connectivity index (χ1) is 13.5. The van der Waals surface area contributed by atoms with Gasteiger partial charge in [0.1, 0.15) is 12.7 Å². The van der Waals surface area contributed by atoms with Crippen LogP contribution in [-0.2, 0) is 9.53 Å². The largest absolute Gasteiger partial charge is 0.463 e. The zero-order chi connectivity index (χ0) is 20.6. The molecule has 1 fully saturated rings. The zero-order valence-corrected chi connectivity index (χ0v) is 19.0. The molecule has 4 nitrogen and oxygen atoms in total. The summed E-state index contributed by atoms with van der Waals surface area (Å²) in [6.07, 6.45) is 18.7. The van der Waals surface area contributed by atoms with Gasteiger partial charge in [0, 0.05) is 13.0 Å². The summed E-state index contributed by atoms with van der Waals surface area (Å²) in [6, 6.07) is 0. The van der Waals surface area contributed by atoms with Gasteiger partial charge in [0.05, 0.1) is 0 Å². The van der Waals surface area contributed by atoms with Crippen LogP contribution in [0.2, 0.25) is 0 Å². The number of hydrogen-bond acceptors (Lipinski definition) is 4. The molecule has 1 unspecified atom stereocenters. The molecule has 1 rings (SSSR count). The number of aliphatic hydroxyl groups is 1. The van der Waals surface area contributed by atoms with Crippen molar-refractivity contribution in [1.82, 2.24) is 4.90 Å². The first-order valence-electron chi connectivity index (χ1n) is 12.0. The van der Waals surface area contributed by atoms with Crippen molar-refractivity contribution in [2.75, 3.05) is 27.2 Å². The maximum Gasteiger partial charge on any atom is 0.305 e. The van der Waals surface area contributed by atoms with E-state index < -0.39 is 6.10 Å². The minimum Gasteiger partial charge on any atom is -0.463 e. The normalized spacial score (nSPS) is 19.8. The lowest BCUT2D eigenvalue weighted by atomic mass is 10.0. The Kier molecular flexibility index (Phi) is 14.7. The smallest absolute Gasteiger partial charge is 0.305 e. The molecule has 1 aliphatic carbocycles. The second kappa shape index (κ2) is 16.2. The van der Waals surface area contributed by atoms with Gasteiger partial charge in [0.15, 0.2) is 0 Å². The van der Waals surface area contributed by atoms with E-state index in [2.05, 4.69) is 6.92 Å². The van der Waals surface area contributed by atoms with Gasteiger partial charge in [0.25, 0.3) is 0 Å². The van der Waals surface area contributed by atoms with Gasteiger partial charge in [-0.15, -0.1) is 0 Å². The van der Waals surface area contributed by atoms with Gasteiger partial charge in [-0.1, -0.05) is 84.0 Å². The van der Waals surface area contributed by atoms with Gasteiger partial charge < -0.3 is 14.7 Å². The molecule has 0 saturated heterocycles. The van der Waals surface area contributed by atoms with Crippen LogP contribution in [0.3, 0.4) is 0 Å². The minimum atomic E-state index is -0.591. The Balaban J connectivity index is 1.82. The number of nitrogens with zero attached hydrogens (tertiary/aromatic N) is 1. The fourth-order valence-corrected chi connectivity index (χ4v) is 4.15. The summed E-state index contributed by atoms with van der Waals surface area (Å²) in [4.78, 5) is 13.6. The summed E-state index contributed by atoms with van der Waals surface area (Å²) >= 11 is 0. The molecule has 0 spiro atoms. The number of unbranched alkanes of at least 4 members (excludes halogenated alkanes) is 9. The molecule has 166 valence electrons. The van der Waals surface area contributed by atoms with Gasteiger partial charge in [-0.05, 0) is 38.8 Å². The highest BCUT2D eigenvalue weighted by molar-refractivity contribution is 5.69. The first kappa shape index (κ1) is 25.4. The van der Waals surface area contributed by atoms with Crippen LogP contribution in [0.25, 0.3) is 0 Å². The van der Waals surface area contributed by atoms with Crippen LogP contribution < -0.4 is 0 Å². The number of rotatable bonds is 19. The molecule has 1 N–H and O–H groups in total. The monoisotopic (exact) mass is 397 g/mol. The average Bonchev–Trinajstić information content (AvgIpc) is 3.39. The van der Waals surface area contributed by atoms with Crippen molar-refractivity contribution in [3.05, 3.63) is 0 Å². The van der Waals surface area contributed by atoms with E-state index in [0.29, 0.717) is 13.0 Å². The third-order valence-corrected chi connectivity index (χ3v) is 5.97. The number of carbonyl (C=O) groups excluding carboxylic acids is 1. The Bertz CT molecular complexity index is 386. The average molecular weight is 398 g/mol. The van der Waals surface area contributed by atoms with Crippen LogP contribution in [0, 0.1) is 11.8 Å². The molecular formula is C24H47NO3. The van der Waals surface area contributed by atoms with Crippen molar-refractivity contribution in [3.8, 4) is 0 Å². The highest BCUT2D eigenvalue weighted by Crippen LogP contribution is 2.45. The van der Waals surface area contributed by atoms with Crippen LogP contribution in [0.4, 0.5) is 0 Å². The van der Waals surface area contributed by atoms with E-state index in [4.69, 9.17) is 4.74 Å². The highest BCUT2D eigenvalue weighted by Gasteiger charge is 2.34. The van der Waals surface area contributed by atoms with Crippen molar-refractivity contribution in [2.45, 2.75) is 109 Å². The van der Waals surface area contributed by atoms with Gasteiger partial charge in [-0.25, -0.2) is 0 Å². The van der Waals surface area contributed by atoms with Gasteiger partial charge in [-0.3, -0.25) is 4.79 Å². The number of carbonyl (C=O) groups is 1. The van der Waals surface area contributed by atoms with E-state index >= 15 is 0 Å². The summed E-state index contributed by atoms with van der Waals surface area (Å²) in [6.45, 7) is 2.91. The molecule has 4 heteroatoms. The molecule has 1 aliphatic rings. The quantitative estimate of drug-likeness (QED) is 0.229. The van der Waals surface area contributed by atoms with Crippen LogP contribution in [0.5, 0.6) is 0 Å². The number of esters is 1. The lowest BCUT2D eigenvalue weighted by molar-refractivity contribution is -0.147. The number of aliphatic hydroxyl groups excluding tert-OH is 1. The molecule has 0 aromatic heterocycles. The predicted octanol–water partition coefficient (Wildman–Crippen LogP) is 5.57. The molecule has 3 atom stereocenters. The Morgan fingerprint density at radius 2 is 1.46 bits per heavy atom. The van der Waals surface area contributed by atoms with E-state index in [1.54, 1.807) is 0 Å². The van der Waals surface area contributed by atoms with Gasteiger partial charge in [0.2, 0.25) is 0 Å². The second-order valence-electron chi connectivity index (χ2n) is 9.22. The maximum absolute atomic E-state index is 11.7. The predicted molar refractivity (Wildman–Crippen MR) is 117 cm³/mol. The molecule has 0 heterocycles. The van der Waals surface area contributed by atoms with E-state index in [1.807, 2.05) is 19.0 Å². The lowest BCUT2D eigenvalue weighted by Gasteiger charge is -2.15. The minimum absolute atomic E-state index is 0.109.